The number of phenolic OH excluding ortho intramolecular Hbond substituents is 1. The number of benzene rings is 2. The Morgan fingerprint density at radius 2 is 2.05 bits per heavy atom. The molecule has 1 N–H and O–H groups in total. The van der Waals surface area contributed by atoms with E-state index in [-0.39, 0.29) is 18.3 Å². The second-order valence-electron chi connectivity index (χ2n) is 4.75. The number of nitrogens with zero attached hydrogens (tertiary/aromatic N) is 1. The number of rotatable bonds is 4. The van der Waals surface area contributed by atoms with Crippen molar-refractivity contribution < 1.29 is 24.2 Å². The molecule has 114 valence electrons. The first-order chi connectivity index (χ1) is 10.6. The number of methoxy groups -OCH3 is 1. The van der Waals surface area contributed by atoms with Gasteiger partial charge in [-0.1, -0.05) is 12.1 Å². The number of hydrogen-bond acceptors (Lipinski definition) is 6. The van der Waals surface area contributed by atoms with Gasteiger partial charge >= 0.3 is 5.69 Å². The minimum absolute atomic E-state index is 0.0249. The molecular weight excluding hydrogens is 290 g/mol. The second kappa shape index (κ2) is 5.44. The number of fused-ring (bicyclic) bond motifs is 1. The lowest BCUT2D eigenvalue weighted by atomic mass is 10.0. The van der Waals surface area contributed by atoms with Crippen LogP contribution in [0.15, 0.2) is 30.3 Å². The molecule has 0 saturated carbocycles. The SMILES string of the molecule is COc1ccc(Cc2ccc3c(c2)OCO3)c(O)c1[N+](=O)[O-]. The van der Waals surface area contributed by atoms with Gasteiger partial charge in [0.15, 0.2) is 11.5 Å². The highest BCUT2D eigenvalue weighted by molar-refractivity contribution is 5.61. The van der Waals surface area contributed by atoms with E-state index >= 15 is 0 Å². The summed E-state index contributed by atoms with van der Waals surface area (Å²) in [5.41, 5.74) is 0.853. The van der Waals surface area contributed by atoms with Crippen molar-refractivity contribution in [1.82, 2.24) is 0 Å². The summed E-state index contributed by atoms with van der Waals surface area (Å²) in [6, 6.07) is 8.46. The van der Waals surface area contributed by atoms with Crippen molar-refractivity contribution in [1.29, 1.82) is 0 Å². The predicted molar refractivity (Wildman–Crippen MR) is 76.7 cm³/mol. The highest BCUT2D eigenvalue weighted by atomic mass is 16.7. The molecule has 1 aliphatic heterocycles. The monoisotopic (exact) mass is 303 g/mol. The van der Waals surface area contributed by atoms with Crippen LogP contribution in [0, 0.1) is 10.1 Å². The molecule has 0 radical (unpaired) electrons. The lowest BCUT2D eigenvalue weighted by Gasteiger charge is -2.09. The van der Waals surface area contributed by atoms with Gasteiger partial charge in [-0.3, -0.25) is 10.1 Å². The van der Waals surface area contributed by atoms with E-state index in [0.717, 1.165) is 5.56 Å². The van der Waals surface area contributed by atoms with Gasteiger partial charge in [0, 0.05) is 12.0 Å². The maximum absolute atomic E-state index is 11.1. The van der Waals surface area contributed by atoms with Crippen LogP contribution in [0.4, 0.5) is 5.69 Å². The van der Waals surface area contributed by atoms with Crippen molar-refractivity contribution in [3.8, 4) is 23.0 Å². The molecule has 3 rings (SSSR count). The maximum Gasteiger partial charge on any atom is 0.352 e. The third kappa shape index (κ3) is 2.37. The smallest absolute Gasteiger partial charge is 0.352 e. The number of nitro groups is 1. The van der Waals surface area contributed by atoms with E-state index in [4.69, 9.17) is 14.2 Å². The molecule has 0 amide bonds. The Labute approximate surface area is 125 Å². The average Bonchev–Trinajstić information content (AvgIpc) is 2.96. The van der Waals surface area contributed by atoms with Gasteiger partial charge in [0.2, 0.25) is 18.3 Å². The van der Waals surface area contributed by atoms with E-state index < -0.39 is 10.6 Å². The van der Waals surface area contributed by atoms with Gasteiger partial charge < -0.3 is 19.3 Å². The minimum atomic E-state index is -0.655. The van der Waals surface area contributed by atoms with Crippen LogP contribution in [-0.4, -0.2) is 23.9 Å². The zero-order valence-electron chi connectivity index (χ0n) is 11.7. The maximum atomic E-state index is 11.1. The van der Waals surface area contributed by atoms with Crippen molar-refractivity contribution in [2.75, 3.05) is 13.9 Å². The first-order valence-corrected chi connectivity index (χ1v) is 6.52. The highest BCUT2D eigenvalue weighted by Crippen LogP contribution is 2.40. The number of aromatic hydroxyl groups is 1. The van der Waals surface area contributed by atoms with Crippen molar-refractivity contribution in [3.63, 3.8) is 0 Å². The molecule has 1 aliphatic rings. The summed E-state index contributed by atoms with van der Waals surface area (Å²) in [5.74, 6) is 0.924. The molecule has 0 aliphatic carbocycles. The van der Waals surface area contributed by atoms with E-state index in [9.17, 15) is 15.2 Å². The zero-order chi connectivity index (χ0) is 15.7. The van der Waals surface area contributed by atoms with Crippen molar-refractivity contribution >= 4 is 5.69 Å². The molecule has 0 spiro atoms. The van der Waals surface area contributed by atoms with Crippen LogP contribution in [-0.2, 0) is 6.42 Å². The Bertz CT molecular complexity index is 743. The molecule has 22 heavy (non-hydrogen) atoms. The van der Waals surface area contributed by atoms with Crippen LogP contribution in [0.3, 0.4) is 0 Å². The Kier molecular flexibility index (Phi) is 3.46. The molecule has 2 aromatic rings. The first-order valence-electron chi connectivity index (χ1n) is 6.52. The van der Waals surface area contributed by atoms with E-state index in [0.29, 0.717) is 23.5 Å². The van der Waals surface area contributed by atoms with Gasteiger partial charge in [-0.2, -0.15) is 0 Å². The lowest BCUT2D eigenvalue weighted by molar-refractivity contribution is -0.386. The van der Waals surface area contributed by atoms with Crippen molar-refractivity contribution in [2.24, 2.45) is 0 Å². The van der Waals surface area contributed by atoms with Crippen LogP contribution in [0.5, 0.6) is 23.0 Å². The van der Waals surface area contributed by atoms with E-state index in [1.54, 1.807) is 18.2 Å². The fraction of sp³-hybridized carbons (Fsp3) is 0.200. The summed E-state index contributed by atoms with van der Waals surface area (Å²) in [4.78, 5) is 10.4. The molecule has 1 heterocycles. The minimum Gasteiger partial charge on any atom is -0.502 e. The molecule has 2 aromatic carbocycles. The van der Waals surface area contributed by atoms with Crippen LogP contribution in [0.1, 0.15) is 11.1 Å². The Balaban J connectivity index is 1.96. The predicted octanol–water partition coefficient (Wildman–Crippen LogP) is 2.63. The van der Waals surface area contributed by atoms with Gasteiger partial charge in [0.25, 0.3) is 0 Å². The number of ether oxygens (including phenoxy) is 3. The molecule has 7 heteroatoms. The zero-order valence-corrected chi connectivity index (χ0v) is 11.7. The lowest BCUT2D eigenvalue weighted by Crippen LogP contribution is -1.98. The average molecular weight is 303 g/mol. The number of phenols is 1. The molecule has 0 aromatic heterocycles. The summed E-state index contributed by atoms with van der Waals surface area (Å²) >= 11 is 0. The molecule has 0 atom stereocenters. The third-order valence-corrected chi connectivity index (χ3v) is 3.43. The summed E-state index contributed by atoms with van der Waals surface area (Å²) in [6.07, 6.45) is 0.327. The van der Waals surface area contributed by atoms with Gasteiger partial charge in [0.1, 0.15) is 0 Å². The summed E-state index contributed by atoms with van der Waals surface area (Å²) in [5, 5.41) is 21.2. The molecule has 7 nitrogen and oxygen atoms in total. The molecular formula is C15H13NO6. The van der Waals surface area contributed by atoms with Gasteiger partial charge in [-0.15, -0.1) is 0 Å². The number of nitro benzene ring substituents is 1. The second-order valence-corrected chi connectivity index (χ2v) is 4.75. The van der Waals surface area contributed by atoms with Crippen LogP contribution in [0.2, 0.25) is 0 Å². The highest BCUT2D eigenvalue weighted by Gasteiger charge is 2.24. The van der Waals surface area contributed by atoms with Gasteiger partial charge in [-0.25, -0.2) is 0 Å². The van der Waals surface area contributed by atoms with Gasteiger partial charge in [-0.05, 0) is 23.8 Å². The summed E-state index contributed by atoms with van der Waals surface area (Å²) in [7, 11) is 1.32. The quantitative estimate of drug-likeness (QED) is 0.689. The third-order valence-electron chi connectivity index (χ3n) is 3.43. The van der Waals surface area contributed by atoms with E-state index in [2.05, 4.69) is 0 Å². The van der Waals surface area contributed by atoms with Crippen molar-refractivity contribution in [2.45, 2.75) is 6.42 Å². The van der Waals surface area contributed by atoms with E-state index in [1.165, 1.54) is 13.2 Å². The van der Waals surface area contributed by atoms with Gasteiger partial charge in [0.05, 0.1) is 12.0 Å². The van der Waals surface area contributed by atoms with Crippen LogP contribution >= 0.6 is 0 Å². The summed E-state index contributed by atoms with van der Waals surface area (Å²) in [6.45, 7) is 0.179. The van der Waals surface area contributed by atoms with Crippen LogP contribution < -0.4 is 14.2 Å². The number of hydrogen-bond donors (Lipinski definition) is 1. The molecule has 0 fully saturated rings. The molecule has 0 bridgehead atoms. The molecule has 0 unspecified atom stereocenters. The fourth-order valence-electron chi connectivity index (χ4n) is 2.36. The fourth-order valence-corrected chi connectivity index (χ4v) is 2.36. The topological polar surface area (TPSA) is 91.1 Å². The van der Waals surface area contributed by atoms with Crippen molar-refractivity contribution in [3.05, 3.63) is 51.6 Å². The Hall–Kier alpha value is -2.96. The van der Waals surface area contributed by atoms with E-state index in [1.807, 2.05) is 6.07 Å². The first kappa shape index (κ1) is 14.0. The summed E-state index contributed by atoms with van der Waals surface area (Å²) < 4.78 is 15.4. The Morgan fingerprint density at radius 3 is 2.77 bits per heavy atom. The Morgan fingerprint density at radius 1 is 1.27 bits per heavy atom. The van der Waals surface area contributed by atoms with Crippen LogP contribution in [0.25, 0.3) is 0 Å². The normalized spacial score (nSPS) is 12.2. The largest absolute Gasteiger partial charge is 0.502 e. The molecule has 0 saturated heterocycles. The standard InChI is InChI=1S/C15H13NO6/c1-20-12-5-3-10(15(17)14(12)16(18)19)6-9-2-4-11-13(7-9)22-8-21-11/h2-5,7,17H,6,8H2,1H3.